The molecule has 7 nitrogen and oxygen atoms in total. The molecule has 2 aromatic rings. The van der Waals surface area contributed by atoms with E-state index < -0.39 is 16.0 Å². The van der Waals surface area contributed by atoms with Gasteiger partial charge in [0, 0.05) is 17.7 Å². The maximum atomic E-state index is 12.2. The third kappa shape index (κ3) is 3.69. The molecule has 1 aromatic heterocycles. The van der Waals surface area contributed by atoms with Gasteiger partial charge in [-0.25, -0.2) is 17.9 Å². The van der Waals surface area contributed by atoms with Crippen molar-refractivity contribution in [3.63, 3.8) is 0 Å². The monoisotopic (exact) mass is 373 g/mol. The van der Waals surface area contributed by atoms with E-state index in [0.29, 0.717) is 10.2 Å². The second-order valence-corrected chi connectivity index (χ2v) is 6.85. The Balaban J connectivity index is 2.26. The molecular formula is C12H12BrN3O4S. The van der Waals surface area contributed by atoms with Crippen LogP contribution in [-0.2, 0) is 23.6 Å². The Morgan fingerprint density at radius 2 is 2.14 bits per heavy atom. The lowest BCUT2D eigenvalue weighted by atomic mass is 10.2. The van der Waals surface area contributed by atoms with Crippen LogP contribution in [0.4, 0.5) is 0 Å². The maximum absolute atomic E-state index is 12.2. The fraction of sp³-hybridized carbons (Fsp3) is 0.167. The molecule has 0 saturated carbocycles. The van der Waals surface area contributed by atoms with Gasteiger partial charge in [0.2, 0.25) is 10.0 Å². The Morgan fingerprint density at radius 1 is 1.43 bits per heavy atom. The lowest BCUT2D eigenvalue weighted by molar-refractivity contribution is 0.0696. The number of aromatic nitrogens is 2. The van der Waals surface area contributed by atoms with Gasteiger partial charge in [-0.2, -0.15) is 5.10 Å². The SMILES string of the molecule is Cn1ccc(CNS(=O)(=O)c2cc(C(=O)O)ccc2Br)n1. The van der Waals surface area contributed by atoms with Gasteiger partial charge in [-0.15, -0.1) is 0 Å². The summed E-state index contributed by atoms with van der Waals surface area (Å²) in [5.41, 5.74) is 0.461. The highest BCUT2D eigenvalue weighted by molar-refractivity contribution is 9.10. The summed E-state index contributed by atoms with van der Waals surface area (Å²) in [7, 11) is -2.12. The first-order chi connectivity index (χ1) is 9.79. The lowest BCUT2D eigenvalue weighted by Crippen LogP contribution is -2.24. The van der Waals surface area contributed by atoms with E-state index in [1.165, 1.54) is 12.1 Å². The van der Waals surface area contributed by atoms with Crippen LogP contribution < -0.4 is 4.72 Å². The van der Waals surface area contributed by atoms with Gasteiger partial charge < -0.3 is 5.11 Å². The number of aryl methyl sites for hydroxylation is 1. The van der Waals surface area contributed by atoms with Crippen molar-refractivity contribution >= 4 is 31.9 Å². The number of carboxylic acid groups (broad SMARTS) is 1. The van der Waals surface area contributed by atoms with Crippen molar-refractivity contribution in [2.24, 2.45) is 7.05 Å². The molecule has 0 aliphatic rings. The molecule has 0 aliphatic heterocycles. The highest BCUT2D eigenvalue weighted by Crippen LogP contribution is 2.23. The Bertz CT molecular complexity index is 786. The third-order valence-corrected chi connectivity index (χ3v) is 5.07. The molecule has 0 aliphatic carbocycles. The predicted octanol–water partition coefficient (Wildman–Crippen LogP) is 1.36. The second-order valence-electron chi connectivity index (χ2n) is 4.26. The smallest absolute Gasteiger partial charge is 0.335 e. The first-order valence-electron chi connectivity index (χ1n) is 5.80. The number of benzene rings is 1. The van der Waals surface area contributed by atoms with Crippen LogP contribution in [0.2, 0.25) is 0 Å². The van der Waals surface area contributed by atoms with Crippen molar-refractivity contribution in [3.8, 4) is 0 Å². The molecule has 0 saturated heterocycles. The number of hydrogen-bond donors (Lipinski definition) is 2. The fourth-order valence-corrected chi connectivity index (χ4v) is 3.63. The van der Waals surface area contributed by atoms with Crippen LogP contribution in [0.3, 0.4) is 0 Å². The first kappa shape index (κ1) is 15.7. The summed E-state index contributed by atoms with van der Waals surface area (Å²) in [6.07, 6.45) is 1.70. The Labute approximate surface area is 129 Å². The normalized spacial score (nSPS) is 11.5. The van der Waals surface area contributed by atoms with Crippen LogP contribution in [0.15, 0.2) is 39.8 Å². The van der Waals surface area contributed by atoms with E-state index in [0.717, 1.165) is 6.07 Å². The molecular weight excluding hydrogens is 362 g/mol. The number of aromatic carboxylic acids is 1. The van der Waals surface area contributed by atoms with Gasteiger partial charge in [0.05, 0.1) is 22.7 Å². The van der Waals surface area contributed by atoms with Gasteiger partial charge in [-0.3, -0.25) is 4.68 Å². The molecule has 21 heavy (non-hydrogen) atoms. The highest BCUT2D eigenvalue weighted by Gasteiger charge is 2.19. The fourth-order valence-electron chi connectivity index (χ4n) is 1.65. The Kier molecular flexibility index (Phi) is 4.45. The molecule has 0 atom stereocenters. The van der Waals surface area contributed by atoms with Crippen molar-refractivity contribution in [1.82, 2.24) is 14.5 Å². The van der Waals surface area contributed by atoms with Gasteiger partial charge in [0.1, 0.15) is 0 Å². The molecule has 2 rings (SSSR count). The van der Waals surface area contributed by atoms with Crippen LogP contribution >= 0.6 is 15.9 Å². The second kappa shape index (κ2) is 5.96. The lowest BCUT2D eigenvalue weighted by Gasteiger charge is -2.08. The number of nitrogens with one attached hydrogen (secondary N) is 1. The van der Waals surface area contributed by atoms with Crippen LogP contribution in [-0.4, -0.2) is 29.3 Å². The molecule has 1 aromatic carbocycles. The first-order valence-corrected chi connectivity index (χ1v) is 8.08. The molecule has 0 bridgehead atoms. The van der Waals surface area contributed by atoms with Gasteiger partial charge in [0.15, 0.2) is 0 Å². The van der Waals surface area contributed by atoms with Gasteiger partial charge in [-0.05, 0) is 40.2 Å². The predicted molar refractivity (Wildman–Crippen MR) is 78.3 cm³/mol. The summed E-state index contributed by atoms with van der Waals surface area (Å²) in [6.45, 7) is 0.0207. The number of sulfonamides is 1. The van der Waals surface area contributed by atoms with E-state index >= 15 is 0 Å². The van der Waals surface area contributed by atoms with E-state index in [-0.39, 0.29) is 17.0 Å². The molecule has 9 heteroatoms. The topological polar surface area (TPSA) is 101 Å². The number of nitrogens with zero attached hydrogens (tertiary/aromatic N) is 2. The molecule has 0 unspecified atom stereocenters. The van der Waals surface area contributed by atoms with E-state index in [1.54, 1.807) is 24.0 Å². The van der Waals surface area contributed by atoms with Gasteiger partial charge in [-0.1, -0.05) is 0 Å². The van der Waals surface area contributed by atoms with E-state index in [1.807, 2.05) is 0 Å². The average molecular weight is 374 g/mol. The molecule has 2 N–H and O–H groups in total. The summed E-state index contributed by atoms with van der Waals surface area (Å²) >= 11 is 3.11. The van der Waals surface area contributed by atoms with Gasteiger partial charge in [0.25, 0.3) is 0 Å². The molecule has 0 amide bonds. The van der Waals surface area contributed by atoms with Crippen molar-refractivity contribution in [1.29, 1.82) is 0 Å². The number of rotatable bonds is 5. The molecule has 0 radical (unpaired) electrons. The largest absolute Gasteiger partial charge is 0.478 e. The molecule has 1 heterocycles. The van der Waals surface area contributed by atoms with E-state index in [4.69, 9.17) is 5.11 Å². The van der Waals surface area contributed by atoms with Gasteiger partial charge >= 0.3 is 5.97 Å². The quantitative estimate of drug-likeness (QED) is 0.823. The van der Waals surface area contributed by atoms with Crippen LogP contribution in [0.1, 0.15) is 16.1 Å². The zero-order chi connectivity index (χ0) is 15.6. The minimum atomic E-state index is -3.85. The number of carbonyl (C=O) groups is 1. The number of hydrogen-bond acceptors (Lipinski definition) is 4. The summed E-state index contributed by atoms with van der Waals surface area (Å²) in [4.78, 5) is 10.8. The van der Waals surface area contributed by atoms with Crippen LogP contribution in [0, 0.1) is 0 Å². The van der Waals surface area contributed by atoms with Crippen LogP contribution in [0.5, 0.6) is 0 Å². The third-order valence-electron chi connectivity index (χ3n) is 2.68. The van der Waals surface area contributed by atoms with Crippen molar-refractivity contribution in [2.45, 2.75) is 11.4 Å². The Morgan fingerprint density at radius 3 is 2.71 bits per heavy atom. The zero-order valence-electron chi connectivity index (χ0n) is 10.9. The summed E-state index contributed by atoms with van der Waals surface area (Å²) < 4.78 is 28.7. The molecule has 0 spiro atoms. The minimum absolute atomic E-state index is 0.0207. The van der Waals surface area contributed by atoms with E-state index in [9.17, 15) is 13.2 Å². The standard InChI is InChI=1S/C12H12BrN3O4S/c1-16-5-4-9(15-16)7-14-21(19,20)11-6-8(12(17)18)2-3-10(11)13/h2-6,14H,7H2,1H3,(H,17,18). The van der Waals surface area contributed by atoms with E-state index in [2.05, 4.69) is 25.8 Å². The summed E-state index contributed by atoms with van der Waals surface area (Å²) in [6, 6.07) is 5.50. The van der Waals surface area contributed by atoms with Crippen molar-refractivity contribution in [3.05, 3.63) is 46.2 Å². The Hall–Kier alpha value is -1.71. The van der Waals surface area contributed by atoms with Crippen LogP contribution in [0.25, 0.3) is 0 Å². The van der Waals surface area contributed by atoms with Crippen molar-refractivity contribution < 1.29 is 18.3 Å². The maximum Gasteiger partial charge on any atom is 0.335 e. The zero-order valence-corrected chi connectivity index (χ0v) is 13.3. The molecule has 0 fully saturated rings. The number of halogens is 1. The van der Waals surface area contributed by atoms with Crippen molar-refractivity contribution in [2.75, 3.05) is 0 Å². The molecule has 112 valence electrons. The minimum Gasteiger partial charge on any atom is -0.478 e. The number of carboxylic acids is 1. The summed E-state index contributed by atoms with van der Waals surface area (Å²) in [5.74, 6) is -1.19. The average Bonchev–Trinajstić information content (AvgIpc) is 2.82. The summed E-state index contributed by atoms with van der Waals surface area (Å²) in [5, 5.41) is 13.0. The highest BCUT2D eigenvalue weighted by atomic mass is 79.9.